The zero-order chi connectivity index (χ0) is 12.2. The van der Waals surface area contributed by atoms with Gasteiger partial charge in [-0.1, -0.05) is 0 Å². The van der Waals surface area contributed by atoms with Crippen LogP contribution < -0.4 is 0 Å². The second kappa shape index (κ2) is 5.37. The van der Waals surface area contributed by atoms with Gasteiger partial charge in [-0.2, -0.15) is 0 Å². The summed E-state index contributed by atoms with van der Waals surface area (Å²) in [7, 11) is 0.397. The smallest absolute Gasteiger partial charge is 0.326 e. The van der Waals surface area contributed by atoms with Crippen molar-refractivity contribution in [2.45, 2.75) is 34.2 Å². The van der Waals surface area contributed by atoms with Gasteiger partial charge in [-0.25, -0.2) is 0 Å². The Morgan fingerprint density at radius 1 is 0.867 bits per heavy atom. The maximum atomic E-state index is 10.5. The van der Waals surface area contributed by atoms with E-state index in [0.717, 1.165) is 11.1 Å². The van der Waals surface area contributed by atoms with E-state index in [9.17, 15) is 4.80 Å². The van der Waals surface area contributed by atoms with Gasteiger partial charge in [-0.15, -0.1) is 0 Å². The predicted molar refractivity (Wildman–Crippen MR) is 64.6 cm³/mol. The lowest BCUT2D eigenvalue weighted by Gasteiger charge is -2.26. The molecule has 0 atom stereocenters. The zero-order valence-corrected chi connectivity index (χ0v) is 11.8. The normalized spacial score (nSPS) is 10.7. The lowest BCUT2D eigenvalue weighted by Crippen LogP contribution is -2.39. The van der Waals surface area contributed by atoms with Crippen LogP contribution in [0.3, 0.4) is 0 Å². The van der Waals surface area contributed by atoms with Gasteiger partial charge in [0.1, 0.15) is 10.8 Å². The van der Waals surface area contributed by atoms with Crippen LogP contribution in [-0.2, 0) is 9.47 Å². The Balaban J connectivity index is 5.48. The molecule has 0 aliphatic rings. The van der Waals surface area contributed by atoms with Crippen molar-refractivity contribution in [2.75, 3.05) is 14.2 Å². The highest BCUT2D eigenvalue weighted by Gasteiger charge is 2.39. The average Bonchev–Trinajstić information content (AvgIpc) is 2.02. The van der Waals surface area contributed by atoms with E-state index >= 15 is 0 Å². The quantitative estimate of drug-likeness (QED) is 0.596. The molecular formula is C11H22O3Si. The Morgan fingerprint density at radius 2 is 1.13 bits per heavy atom. The molecule has 0 bridgehead atoms. The fourth-order valence-electron chi connectivity index (χ4n) is 1.88. The van der Waals surface area contributed by atoms with Crippen LogP contribution in [0.1, 0.15) is 27.7 Å². The van der Waals surface area contributed by atoms with Crippen molar-refractivity contribution in [1.29, 1.82) is 0 Å². The number of rotatable bonds is 4. The van der Waals surface area contributed by atoms with Crippen molar-refractivity contribution in [3.05, 3.63) is 21.9 Å². The predicted octanol–water partition coefficient (Wildman–Crippen LogP) is 2.51. The standard InChI is InChI=1S/C11H22O3Si/c1-8(2)10(13-5)15(7,12)11(14-6)9(3)4/h12H,1-7H3. The van der Waals surface area contributed by atoms with E-state index in [4.69, 9.17) is 9.47 Å². The van der Waals surface area contributed by atoms with E-state index < -0.39 is 8.32 Å². The highest BCUT2D eigenvalue weighted by molar-refractivity contribution is 6.84. The summed E-state index contributed by atoms with van der Waals surface area (Å²) in [6.45, 7) is 9.53. The minimum Gasteiger partial charge on any atom is -0.503 e. The van der Waals surface area contributed by atoms with Crippen molar-refractivity contribution in [2.24, 2.45) is 0 Å². The first-order valence-electron chi connectivity index (χ1n) is 4.95. The third-order valence-electron chi connectivity index (χ3n) is 2.20. The van der Waals surface area contributed by atoms with Crippen LogP contribution >= 0.6 is 0 Å². The summed E-state index contributed by atoms with van der Waals surface area (Å²) in [5.41, 5.74) is 1.98. The minimum atomic E-state index is -2.77. The van der Waals surface area contributed by atoms with Crippen LogP contribution in [0.25, 0.3) is 0 Å². The molecule has 0 aromatic carbocycles. The third-order valence-corrected chi connectivity index (χ3v) is 5.38. The molecule has 0 saturated heterocycles. The van der Waals surface area contributed by atoms with Gasteiger partial charge < -0.3 is 14.3 Å². The van der Waals surface area contributed by atoms with Gasteiger partial charge in [-0.3, -0.25) is 0 Å². The Kier molecular flexibility index (Phi) is 5.10. The highest BCUT2D eigenvalue weighted by atomic mass is 28.4. The molecule has 0 heterocycles. The Labute approximate surface area is 93.5 Å². The highest BCUT2D eigenvalue weighted by Crippen LogP contribution is 2.26. The molecule has 0 unspecified atom stereocenters. The first kappa shape index (κ1) is 14.3. The van der Waals surface area contributed by atoms with Gasteiger partial charge in [0.25, 0.3) is 0 Å². The first-order chi connectivity index (χ1) is 6.78. The topological polar surface area (TPSA) is 38.7 Å². The lowest BCUT2D eigenvalue weighted by atomic mass is 10.4. The van der Waals surface area contributed by atoms with Crippen LogP contribution in [-0.4, -0.2) is 27.3 Å². The second-order valence-corrected chi connectivity index (χ2v) is 7.19. The molecule has 0 amide bonds. The van der Waals surface area contributed by atoms with Gasteiger partial charge in [0.2, 0.25) is 0 Å². The number of hydrogen-bond acceptors (Lipinski definition) is 3. The molecule has 15 heavy (non-hydrogen) atoms. The number of ether oxygens (including phenoxy) is 2. The molecule has 0 aromatic heterocycles. The molecule has 88 valence electrons. The maximum absolute atomic E-state index is 10.5. The van der Waals surface area contributed by atoms with E-state index in [-0.39, 0.29) is 0 Å². The molecule has 3 nitrogen and oxygen atoms in total. The molecule has 0 aliphatic carbocycles. The van der Waals surface area contributed by atoms with E-state index in [0.29, 0.717) is 10.8 Å². The Morgan fingerprint density at radius 3 is 1.27 bits per heavy atom. The van der Waals surface area contributed by atoms with E-state index in [1.807, 2.05) is 34.2 Å². The van der Waals surface area contributed by atoms with Gasteiger partial charge in [0, 0.05) is 0 Å². The molecule has 0 radical (unpaired) electrons. The summed E-state index contributed by atoms with van der Waals surface area (Å²) < 4.78 is 10.6. The fourth-order valence-corrected chi connectivity index (χ4v) is 4.83. The summed E-state index contributed by atoms with van der Waals surface area (Å²) in [6, 6.07) is 0. The Bertz CT molecular complexity index is 254. The lowest BCUT2D eigenvalue weighted by molar-refractivity contribution is 0.269. The minimum absolute atomic E-state index is 0.667. The second-order valence-electron chi connectivity index (χ2n) is 4.14. The van der Waals surface area contributed by atoms with Crippen molar-refractivity contribution >= 4 is 8.32 Å². The summed E-state index contributed by atoms with van der Waals surface area (Å²) in [5.74, 6) is 0. The maximum Gasteiger partial charge on any atom is 0.326 e. The molecule has 0 aromatic rings. The van der Waals surface area contributed by atoms with Gasteiger partial charge in [-0.05, 0) is 45.4 Å². The van der Waals surface area contributed by atoms with E-state index in [1.165, 1.54) is 0 Å². The summed E-state index contributed by atoms with van der Waals surface area (Å²) in [6.07, 6.45) is 0. The fraction of sp³-hybridized carbons (Fsp3) is 0.636. The van der Waals surface area contributed by atoms with E-state index in [1.54, 1.807) is 14.2 Å². The van der Waals surface area contributed by atoms with Crippen molar-refractivity contribution in [1.82, 2.24) is 0 Å². The molecule has 0 aliphatic heterocycles. The largest absolute Gasteiger partial charge is 0.503 e. The molecule has 0 rings (SSSR count). The number of methoxy groups -OCH3 is 2. The van der Waals surface area contributed by atoms with Crippen molar-refractivity contribution in [3.8, 4) is 0 Å². The van der Waals surface area contributed by atoms with Crippen molar-refractivity contribution < 1.29 is 14.3 Å². The van der Waals surface area contributed by atoms with Crippen LogP contribution in [0.15, 0.2) is 21.9 Å². The summed E-state index contributed by atoms with van der Waals surface area (Å²) in [5, 5.41) is 1.33. The van der Waals surface area contributed by atoms with Crippen LogP contribution in [0, 0.1) is 0 Å². The molecule has 1 N–H and O–H groups in total. The van der Waals surface area contributed by atoms with Crippen LogP contribution in [0.5, 0.6) is 0 Å². The van der Waals surface area contributed by atoms with Crippen molar-refractivity contribution in [3.63, 3.8) is 0 Å². The van der Waals surface area contributed by atoms with Gasteiger partial charge in [0.15, 0.2) is 0 Å². The van der Waals surface area contributed by atoms with Crippen LogP contribution in [0.2, 0.25) is 6.55 Å². The summed E-state index contributed by atoms with van der Waals surface area (Å²) in [4.78, 5) is 10.5. The molecule has 0 spiro atoms. The summed E-state index contributed by atoms with van der Waals surface area (Å²) >= 11 is 0. The average molecular weight is 230 g/mol. The number of hydrogen-bond donors (Lipinski definition) is 1. The zero-order valence-electron chi connectivity index (χ0n) is 10.8. The molecule has 0 saturated carbocycles. The Hall–Kier alpha value is -0.743. The van der Waals surface area contributed by atoms with Crippen LogP contribution in [0.4, 0.5) is 0 Å². The van der Waals surface area contributed by atoms with E-state index in [2.05, 4.69) is 0 Å². The third kappa shape index (κ3) is 3.11. The SMILES string of the molecule is COC(=C(C)C)[Si](C)(O)C(OC)=C(C)C. The first-order valence-corrected chi connectivity index (χ1v) is 7.40. The molecular weight excluding hydrogens is 208 g/mol. The molecule has 0 fully saturated rings. The van der Waals surface area contributed by atoms with Gasteiger partial charge in [0.05, 0.1) is 14.2 Å². The van der Waals surface area contributed by atoms with Gasteiger partial charge >= 0.3 is 8.32 Å². The number of allylic oxidation sites excluding steroid dienone is 2. The monoisotopic (exact) mass is 230 g/mol. The molecule has 4 heteroatoms.